The fourth-order valence-electron chi connectivity index (χ4n) is 3.52. The molecule has 0 spiro atoms. The normalized spacial score (nSPS) is 14.0. The zero-order chi connectivity index (χ0) is 23.3. The summed E-state index contributed by atoms with van der Waals surface area (Å²) in [6.45, 7) is 2.19. The lowest BCUT2D eigenvalue weighted by Crippen LogP contribution is -2.37. The second kappa shape index (κ2) is 10.2. The topological polar surface area (TPSA) is 97.0 Å². The minimum absolute atomic E-state index is 0.0918. The van der Waals surface area contributed by atoms with Crippen LogP contribution in [0.4, 0.5) is 17.1 Å². The summed E-state index contributed by atoms with van der Waals surface area (Å²) in [5.41, 5.74) is 1.40. The first-order valence-electron chi connectivity index (χ1n) is 10.4. The number of amides is 1. The third-order valence-corrected chi connectivity index (χ3v) is 7.43. The van der Waals surface area contributed by atoms with Crippen LogP contribution >= 0.6 is 11.3 Å². The number of nitrogens with zero attached hydrogens (tertiary/aromatic N) is 1. The van der Waals surface area contributed by atoms with E-state index in [-0.39, 0.29) is 17.2 Å². The van der Waals surface area contributed by atoms with Crippen LogP contribution < -0.4 is 19.7 Å². The van der Waals surface area contributed by atoms with Crippen LogP contribution in [0.5, 0.6) is 5.75 Å². The van der Waals surface area contributed by atoms with Gasteiger partial charge in [-0.1, -0.05) is 6.07 Å². The molecule has 1 saturated heterocycles. The molecule has 1 aliphatic heterocycles. The molecule has 10 heteroatoms. The molecule has 3 aromatic rings. The Labute approximate surface area is 197 Å². The second-order valence-corrected chi connectivity index (χ2v) is 10.1. The van der Waals surface area contributed by atoms with E-state index in [9.17, 15) is 13.2 Å². The lowest BCUT2D eigenvalue weighted by Gasteiger charge is -2.30. The maximum Gasteiger partial charge on any atom is 0.264 e. The fraction of sp³-hybridized carbons (Fsp3) is 0.261. The first-order valence-corrected chi connectivity index (χ1v) is 12.8. The van der Waals surface area contributed by atoms with Crippen LogP contribution in [-0.4, -0.2) is 47.7 Å². The Bertz CT molecular complexity index is 1190. The van der Waals surface area contributed by atoms with Gasteiger partial charge in [0.25, 0.3) is 10.0 Å². The van der Waals surface area contributed by atoms with Crippen molar-refractivity contribution in [3.63, 3.8) is 0 Å². The van der Waals surface area contributed by atoms with Gasteiger partial charge >= 0.3 is 0 Å². The number of morpholine rings is 1. The predicted molar refractivity (Wildman–Crippen MR) is 130 cm³/mol. The highest BCUT2D eigenvalue weighted by atomic mass is 32.2. The lowest BCUT2D eigenvalue weighted by molar-refractivity contribution is -0.115. The van der Waals surface area contributed by atoms with E-state index >= 15 is 0 Å². The molecular weight excluding hydrogens is 462 g/mol. The number of hydrogen-bond donors (Lipinski definition) is 2. The molecule has 0 saturated carbocycles. The number of hydrogen-bond acceptors (Lipinski definition) is 7. The summed E-state index contributed by atoms with van der Waals surface area (Å²) < 4.78 is 40.0. The lowest BCUT2D eigenvalue weighted by atomic mass is 10.2. The number of carbonyl (C=O) groups excluding carboxylic acids is 1. The molecule has 2 heterocycles. The molecule has 0 atom stereocenters. The number of sulfonamides is 1. The highest BCUT2D eigenvalue weighted by Gasteiger charge is 2.24. The summed E-state index contributed by atoms with van der Waals surface area (Å²) in [6.07, 6.45) is 0.231. The van der Waals surface area contributed by atoms with Crippen molar-refractivity contribution in [3.8, 4) is 5.75 Å². The summed E-state index contributed by atoms with van der Waals surface area (Å²) in [6, 6.07) is 15.4. The SMILES string of the molecule is COc1ccc(NS(=O)(=O)c2cc(NC(=O)Cc3cccs3)ccc2N2CCOCC2)cc1. The summed E-state index contributed by atoms with van der Waals surface area (Å²) >= 11 is 1.50. The van der Waals surface area contributed by atoms with Crippen molar-refractivity contribution in [2.24, 2.45) is 0 Å². The molecule has 1 fully saturated rings. The molecule has 33 heavy (non-hydrogen) atoms. The number of anilines is 3. The van der Waals surface area contributed by atoms with Gasteiger partial charge in [-0.3, -0.25) is 9.52 Å². The minimum atomic E-state index is -3.94. The zero-order valence-corrected chi connectivity index (χ0v) is 19.7. The molecule has 0 unspecified atom stereocenters. The molecule has 0 aliphatic carbocycles. The van der Waals surface area contributed by atoms with Crippen molar-refractivity contribution >= 4 is 44.3 Å². The number of ether oxygens (including phenoxy) is 2. The number of carbonyl (C=O) groups is 1. The van der Waals surface area contributed by atoms with Gasteiger partial charge in [0.05, 0.1) is 32.4 Å². The average Bonchev–Trinajstić information content (AvgIpc) is 3.33. The van der Waals surface area contributed by atoms with Crippen molar-refractivity contribution in [2.75, 3.05) is 48.4 Å². The quantitative estimate of drug-likeness (QED) is 0.504. The van der Waals surface area contributed by atoms with Gasteiger partial charge in [-0.25, -0.2) is 8.42 Å². The summed E-state index contributed by atoms with van der Waals surface area (Å²) in [4.78, 5) is 15.5. The van der Waals surface area contributed by atoms with E-state index in [1.165, 1.54) is 17.4 Å². The van der Waals surface area contributed by atoms with Crippen molar-refractivity contribution in [1.29, 1.82) is 0 Å². The standard InChI is InChI=1S/C23H25N3O5S2/c1-30-19-7-4-17(5-8-19)25-33(28,29)22-15-18(24-23(27)16-20-3-2-14-32-20)6-9-21(22)26-10-12-31-13-11-26/h2-9,14-15,25H,10-13,16H2,1H3,(H,24,27). The van der Waals surface area contributed by atoms with Crippen LogP contribution in [0.25, 0.3) is 0 Å². The highest BCUT2D eigenvalue weighted by molar-refractivity contribution is 7.92. The zero-order valence-electron chi connectivity index (χ0n) is 18.1. The van der Waals surface area contributed by atoms with Crippen molar-refractivity contribution in [1.82, 2.24) is 0 Å². The summed E-state index contributed by atoms with van der Waals surface area (Å²) in [5, 5.41) is 4.73. The third-order valence-electron chi connectivity index (χ3n) is 5.14. The largest absolute Gasteiger partial charge is 0.497 e. The first kappa shape index (κ1) is 23.1. The maximum absolute atomic E-state index is 13.4. The van der Waals surface area contributed by atoms with Gasteiger partial charge in [-0.15, -0.1) is 11.3 Å². The van der Waals surface area contributed by atoms with Gasteiger partial charge < -0.3 is 19.7 Å². The summed E-state index contributed by atoms with van der Waals surface area (Å²) in [7, 11) is -2.40. The summed E-state index contributed by atoms with van der Waals surface area (Å²) in [5.74, 6) is 0.422. The smallest absolute Gasteiger partial charge is 0.264 e. The van der Waals surface area contributed by atoms with Gasteiger partial charge in [0.1, 0.15) is 10.6 Å². The van der Waals surface area contributed by atoms with E-state index in [0.29, 0.717) is 49.1 Å². The molecule has 174 valence electrons. The van der Waals surface area contributed by atoms with Crippen LogP contribution in [-0.2, 0) is 26.0 Å². The van der Waals surface area contributed by atoms with E-state index in [4.69, 9.17) is 9.47 Å². The van der Waals surface area contributed by atoms with Gasteiger partial charge in [0, 0.05) is 29.3 Å². The fourth-order valence-corrected chi connectivity index (χ4v) is 5.53. The monoisotopic (exact) mass is 487 g/mol. The molecule has 1 aliphatic rings. The Kier molecular flexibility index (Phi) is 7.17. The Hall–Kier alpha value is -3.08. The highest BCUT2D eigenvalue weighted by Crippen LogP contribution is 2.31. The van der Waals surface area contributed by atoms with Gasteiger partial charge in [0.15, 0.2) is 0 Å². The van der Waals surface area contributed by atoms with Crippen molar-refractivity contribution < 1.29 is 22.7 Å². The van der Waals surface area contributed by atoms with E-state index in [2.05, 4.69) is 10.0 Å². The van der Waals surface area contributed by atoms with Crippen LogP contribution in [0.2, 0.25) is 0 Å². The maximum atomic E-state index is 13.4. The Morgan fingerprint density at radius 3 is 2.48 bits per heavy atom. The van der Waals surface area contributed by atoms with Gasteiger partial charge in [-0.2, -0.15) is 0 Å². The van der Waals surface area contributed by atoms with E-state index in [1.54, 1.807) is 43.5 Å². The Morgan fingerprint density at radius 1 is 1.09 bits per heavy atom. The molecule has 8 nitrogen and oxygen atoms in total. The Morgan fingerprint density at radius 2 is 1.82 bits per heavy atom. The molecular formula is C23H25N3O5S2. The van der Waals surface area contributed by atoms with Crippen LogP contribution in [0.15, 0.2) is 64.9 Å². The van der Waals surface area contributed by atoms with Crippen LogP contribution in [0.3, 0.4) is 0 Å². The number of methoxy groups -OCH3 is 1. The number of rotatable bonds is 8. The number of nitrogens with one attached hydrogen (secondary N) is 2. The Balaban J connectivity index is 1.62. The first-order chi connectivity index (χ1) is 15.9. The minimum Gasteiger partial charge on any atom is -0.497 e. The van der Waals surface area contributed by atoms with E-state index in [0.717, 1.165) is 4.88 Å². The number of thiophene rings is 1. The van der Waals surface area contributed by atoms with Crippen molar-refractivity contribution in [2.45, 2.75) is 11.3 Å². The molecule has 4 rings (SSSR count). The van der Waals surface area contributed by atoms with Crippen molar-refractivity contribution in [3.05, 3.63) is 64.9 Å². The van der Waals surface area contributed by atoms with Gasteiger partial charge in [0.2, 0.25) is 5.91 Å². The molecule has 0 radical (unpaired) electrons. The van der Waals surface area contributed by atoms with Gasteiger partial charge in [-0.05, 0) is 53.9 Å². The molecule has 2 aromatic carbocycles. The third kappa shape index (κ3) is 5.84. The van der Waals surface area contributed by atoms with Crippen LogP contribution in [0.1, 0.15) is 4.88 Å². The van der Waals surface area contributed by atoms with E-state index < -0.39 is 10.0 Å². The number of benzene rings is 2. The average molecular weight is 488 g/mol. The van der Waals surface area contributed by atoms with E-state index in [1.807, 2.05) is 22.4 Å². The van der Waals surface area contributed by atoms with Crippen LogP contribution in [0, 0.1) is 0 Å². The molecule has 0 bridgehead atoms. The predicted octanol–water partition coefficient (Wildman–Crippen LogP) is 3.58. The molecule has 1 aromatic heterocycles. The molecule has 2 N–H and O–H groups in total. The second-order valence-electron chi connectivity index (χ2n) is 7.42. The molecule has 1 amide bonds.